The zero-order chi connectivity index (χ0) is 26.0. The van der Waals surface area contributed by atoms with Crippen LogP contribution in [0.15, 0.2) is 78.9 Å². The summed E-state index contributed by atoms with van der Waals surface area (Å²) in [6, 6.07) is 23.3. The van der Waals surface area contributed by atoms with Crippen molar-refractivity contribution >= 4 is 18.1 Å². The number of carbonyl (C=O) groups excluding carboxylic acids is 1. The van der Waals surface area contributed by atoms with Gasteiger partial charge < -0.3 is 14.2 Å². The minimum Gasteiger partial charge on any atom is -0.497 e. The zero-order valence-corrected chi connectivity index (χ0v) is 22.0. The highest BCUT2D eigenvalue weighted by atomic mass is 16.5. The predicted octanol–water partition coefficient (Wildman–Crippen LogP) is 7.59. The van der Waals surface area contributed by atoms with Gasteiger partial charge in [-0.1, -0.05) is 54.6 Å². The quantitative estimate of drug-likeness (QED) is 0.214. The average molecular weight is 497 g/mol. The minimum atomic E-state index is -0.317. The van der Waals surface area contributed by atoms with Gasteiger partial charge in [0.05, 0.1) is 20.8 Å². The number of carbonyl (C=O) groups is 1. The fourth-order valence-corrected chi connectivity index (χ4v) is 5.19. The molecule has 192 valence electrons. The van der Waals surface area contributed by atoms with Gasteiger partial charge in [0.25, 0.3) is 0 Å². The van der Waals surface area contributed by atoms with E-state index in [9.17, 15) is 4.79 Å². The van der Waals surface area contributed by atoms with Gasteiger partial charge in [-0.2, -0.15) is 0 Å². The Balaban J connectivity index is 1.45. The standard InChI is InChI=1S/C33H36O4/c1-4-37-33(34)22-13-25-11-9-24(10-12-25)7-5-6-8-32-30(26-14-17-28(35-2)18-15-26)20-16-27-23-29(36-3)19-21-31(27)32/h5,7,9-15,17-19,21-23,30,32H,4,6,8,16,20H2,1-3H3. The van der Waals surface area contributed by atoms with Crippen molar-refractivity contribution in [1.82, 2.24) is 0 Å². The molecule has 2 atom stereocenters. The summed E-state index contributed by atoms with van der Waals surface area (Å²) in [6.45, 7) is 2.19. The number of fused-ring (bicyclic) bond motifs is 1. The van der Waals surface area contributed by atoms with Crippen molar-refractivity contribution in [1.29, 1.82) is 0 Å². The topological polar surface area (TPSA) is 44.8 Å². The third-order valence-corrected chi connectivity index (χ3v) is 7.09. The monoisotopic (exact) mass is 496 g/mol. The van der Waals surface area contributed by atoms with E-state index < -0.39 is 0 Å². The van der Waals surface area contributed by atoms with Gasteiger partial charge in [-0.3, -0.25) is 0 Å². The van der Waals surface area contributed by atoms with Gasteiger partial charge >= 0.3 is 5.97 Å². The van der Waals surface area contributed by atoms with Crippen LogP contribution in [0.1, 0.15) is 65.8 Å². The predicted molar refractivity (Wildman–Crippen MR) is 150 cm³/mol. The molecule has 0 aliphatic heterocycles. The zero-order valence-electron chi connectivity index (χ0n) is 22.0. The molecule has 37 heavy (non-hydrogen) atoms. The van der Waals surface area contributed by atoms with Crippen LogP contribution < -0.4 is 9.47 Å². The molecule has 0 amide bonds. The molecule has 3 aromatic rings. The Kier molecular flexibility index (Phi) is 9.20. The molecule has 4 rings (SSSR count). The van der Waals surface area contributed by atoms with Crippen LogP contribution in [0.3, 0.4) is 0 Å². The van der Waals surface area contributed by atoms with E-state index in [0.29, 0.717) is 18.4 Å². The highest BCUT2D eigenvalue weighted by Crippen LogP contribution is 2.46. The first kappa shape index (κ1) is 26.3. The van der Waals surface area contributed by atoms with Crippen molar-refractivity contribution in [2.45, 2.75) is 44.4 Å². The van der Waals surface area contributed by atoms with E-state index in [1.807, 2.05) is 12.1 Å². The van der Waals surface area contributed by atoms with Crippen LogP contribution in [0.4, 0.5) is 0 Å². The smallest absolute Gasteiger partial charge is 0.330 e. The lowest BCUT2D eigenvalue weighted by Gasteiger charge is -2.34. The molecule has 0 radical (unpaired) electrons. The van der Waals surface area contributed by atoms with E-state index in [2.05, 4.69) is 66.7 Å². The molecule has 0 saturated heterocycles. The number of hydrogen-bond acceptors (Lipinski definition) is 4. The molecule has 3 aromatic carbocycles. The van der Waals surface area contributed by atoms with Crippen molar-refractivity contribution in [2.24, 2.45) is 0 Å². The van der Waals surface area contributed by atoms with Crippen molar-refractivity contribution in [2.75, 3.05) is 20.8 Å². The molecule has 0 saturated carbocycles. The molecule has 1 aliphatic carbocycles. The molecule has 4 heteroatoms. The van der Waals surface area contributed by atoms with Crippen LogP contribution in [0.25, 0.3) is 12.2 Å². The molecule has 2 unspecified atom stereocenters. The highest BCUT2D eigenvalue weighted by Gasteiger charge is 2.30. The van der Waals surface area contributed by atoms with Crippen LogP contribution in [-0.2, 0) is 16.0 Å². The van der Waals surface area contributed by atoms with Gasteiger partial charge in [-0.25, -0.2) is 4.79 Å². The first-order valence-electron chi connectivity index (χ1n) is 13.0. The first-order valence-corrected chi connectivity index (χ1v) is 13.0. The Morgan fingerprint density at radius 3 is 2.24 bits per heavy atom. The van der Waals surface area contributed by atoms with Crippen molar-refractivity contribution in [3.8, 4) is 11.5 Å². The van der Waals surface area contributed by atoms with Crippen LogP contribution in [-0.4, -0.2) is 26.8 Å². The van der Waals surface area contributed by atoms with Crippen molar-refractivity contribution < 1.29 is 19.0 Å². The van der Waals surface area contributed by atoms with Crippen molar-refractivity contribution in [3.63, 3.8) is 0 Å². The number of hydrogen-bond donors (Lipinski definition) is 0. The summed E-state index contributed by atoms with van der Waals surface area (Å²) in [5.41, 5.74) is 6.35. The van der Waals surface area contributed by atoms with E-state index in [0.717, 1.165) is 48.3 Å². The minimum absolute atomic E-state index is 0.317. The van der Waals surface area contributed by atoms with Gasteiger partial charge in [0.2, 0.25) is 0 Å². The van der Waals surface area contributed by atoms with Crippen LogP contribution >= 0.6 is 0 Å². The number of aryl methyl sites for hydroxylation is 1. The van der Waals surface area contributed by atoms with Gasteiger partial charge in [-0.15, -0.1) is 0 Å². The van der Waals surface area contributed by atoms with Gasteiger partial charge in [-0.05, 0) is 103 Å². The first-order chi connectivity index (χ1) is 18.1. The van der Waals surface area contributed by atoms with Gasteiger partial charge in [0.15, 0.2) is 0 Å². The molecule has 4 nitrogen and oxygen atoms in total. The summed E-state index contributed by atoms with van der Waals surface area (Å²) in [5, 5.41) is 0. The normalized spacial score (nSPS) is 17.1. The second-order valence-electron chi connectivity index (χ2n) is 9.32. The van der Waals surface area contributed by atoms with Crippen LogP contribution in [0, 0.1) is 0 Å². The number of ether oxygens (including phenoxy) is 3. The third-order valence-electron chi connectivity index (χ3n) is 7.09. The molecule has 0 N–H and O–H groups in total. The SMILES string of the molecule is CCOC(=O)C=Cc1ccc(C=CCCC2c3ccc(OC)cc3CCC2c2ccc(OC)cc2)cc1. The van der Waals surface area contributed by atoms with Crippen LogP contribution in [0.5, 0.6) is 11.5 Å². The highest BCUT2D eigenvalue weighted by molar-refractivity contribution is 5.87. The number of methoxy groups -OCH3 is 2. The maximum atomic E-state index is 11.5. The number of benzene rings is 3. The second kappa shape index (κ2) is 13.0. The van der Waals surface area contributed by atoms with Gasteiger partial charge in [0.1, 0.15) is 11.5 Å². The molecule has 0 spiro atoms. The summed E-state index contributed by atoms with van der Waals surface area (Å²) in [6.07, 6.45) is 11.9. The maximum absolute atomic E-state index is 11.5. The van der Waals surface area contributed by atoms with Crippen LogP contribution in [0.2, 0.25) is 0 Å². The lowest BCUT2D eigenvalue weighted by Crippen LogP contribution is -2.19. The van der Waals surface area contributed by atoms with Gasteiger partial charge in [0, 0.05) is 6.08 Å². The second-order valence-corrected chi connectivity index (χ2v) is 9.32. The average Bonchev–Trinajstić information content (AvgIpc) is 2.94. The Labute approximate surface area is 220 Å². The summed E-state index contributed by atoms with van der Waals surface area (Å²) in [5.74, 6) is 2.43. The third kappa shape index (κ3) is 6.91. The lowest BCUT2D eigenvalue weighted by atomic mass is 9.70. The Morgan fingerprint density at radius 1 is 0.892 bits per heavy atom. The van der Waals surface area contributed by atoms with E-state index in [-0.39, 0.29) is 5.97 Å². The number of rotatable bonds is 10. The van der Waals surface area contributed by atoms with E-state index in [1.165, 1.54) is 22.8 Å². The van der Waals surface area contributed by atoms with E-state index in [1.54, 1.807) is 27.2 Å². The molecule has 1 aliphatic rings. The molecule has 0 fully saturated rings. The number of allylic oxidation sites excluding steroid dienone is 1. The largest absolute Gasteiger partial charge is 0.497 e. The summed E-state index contributed by atoms with van der Waals surface area (Å²) in [7, 11) is 3.44. The maximum Gasteiger partial charge on any atom is 0.330 e. The lowest BCUT2D eigenvalue weighted by molar-refractivity contribution is -0.137. The fraction of sp³-hybridized carbons (Fsp3) is 0.303. The molecule has 0 aromatic heterocycles. The molecule has 0 heterocycles. The Bertz CT molecular complexity index is 1220. The molecule has 0 bridgehead atoms. The summed E-state index contributed by atoms with van der Waals surface area (Å²) in [4.78, 5) is 11.5. The number of esters is 1. The van der Waals surface area contributed by atoms with Crippen molar-refractivity contribution in [3.05, 3.63) is 107 Å². The summed E-state index contributed by atoms with van der Waals surface area (Å²) < 4.78 is 15.8. The summed E-state index contributed by atoms with van der Waals surface area (Å²) >= 11 is 0. The Hall–Kier alpha value is -3.79. The molecular weight excluding hydrogens is 460 g/mol. The van der Waals surface area contributed by atoms with E-state index in [4.69, 9.17) is 14.2 Å². The Morgan fingerprint density at radius 2 is 1.57 bits per heavy atom. The fourth-order valence-electron chi connectivity index (χ4n) is 5.19. The van der Waals surface area contributed by atoms with E-state index >= 15 is 0 Å². The molecular formula is C33H36O4.